The van der Waals surface area contributed by atoms with Crippen molar-refractivity contribution in [3.05, 3.63) is 23.8 Å². The fourth-order valence-electron chi connectivity index (χ4n) is 1.99. The van der Waals surface area contributed by atoms with Crippen molar-refractivity contribution in [3.63, 3.8) is 0 Å². The van der Waals surface area contributed by atoms with E-state index in [1.165, 1.54) is 6.92 Å². The van der Waals surface area contributed by atoms with Gasteiger partial charge in [0.2, 0.25) is 6.79 Å². The van der Waals surface area contributed by atoms with E-state index in [0.717, 1.165) is 11.3 Å². The van der Waals surface area contributed by atoms with E-state index < -0.39 is 0 Å². The molecule has 0 aromatic heterocycles. The van der Waals surface area contributed by atoms with Crippen molar-refractivity contribution in [1.29, 1.82) is 0 Å². The summed E-state index contributed by atoms with van der Waals surface area (Å²) in [6.07, 6.45) is -0.301. The Kier molecular flexibility index (Phi) is 3.20. The summed E-state index contributed by atoms with van der Waals surface area (Å²) >= 11 is 0. The number of benzene rings is 1. The minimum Gasteiger partial charge on any atom is -0.457 e. The van der Waals surface area contributed by atoms with Crippen LogP contribution in [0.5, 0.6) is 11.5 Å². The van der Waals surface area contributed by atoms with E-state index in [1.54, 1.807) is 0 Å². The molecule has 4 heteroatoms. The standard InChI is InChI=1S/C14H18O4/c1-9(15)18-13(14(2,3)4)10-5-6-11-12(7-10)17-8-16-11/h5-7,13H,8H2,1-4H3. The Bertz CT molecular complexity index is 459. The molecular formula is C14H18O4. The molecule has 2 rings (SSSR count). The summed E-state index contributed by atoms with van der Waals surface area (Å²) in [7, 11) is 0. The molecule has 0 amide bonds. The van der Waals surface area contributed by atoms with Crippen molar-refractivity contribution in [3.8, 4) is 11.5 Å². The van der Waals surface area contributed by atoms with Crippen LogP contribution in [0, 0.1) is 5.41 Å². The molecule has 1 aromatic rings. The van der Waals surface area contributed by atoms with Gasteiger partial charge in [0.1, 0.15) is 6.10 Å². The molecular weight excluding hydrogens is 232 g/mol. The lowest BCUT2D eigenvalue weighted by Crippen LogP contribution is -2.23. The van der Waals surface area contributed by atoms with Gasteiger partial charge >= 0.3 is 5.97 Å². The van der Waals surface area contributed by atoms with E-state index in [4.69, 9.17) is 14.2 Å². The average molecular weight is 250 g/mol. The molecule has 0 aliphatic carbocycles. The Hall–Kier alpha value is -1.71. The largest absolute Gasteiger partial charge is 0.457 e. The molecule has 0 saturated heterocycles. The van der Waals surface area contributed by atoms with E-state index in [-0.39, 0.29) is 24.3 Å². The number of hydrogen-bond acceptors (Lipinski definition) is 4. The highest BCUT2D eigenvalue weighted by Crippen LogP contribution is 2.41. The Morgan fingerprint density at radius 1 is 1.28 bits per heavy atom. The predicted molar refractivity (Wildman–Crippen MR) is 66.5 cm³/mol. The van der Waals surface area contributed by atoms with Gasteiger partial charge in [-0.2, -0.15) is 0 Å². The van der Waals surface area contributed by atoms with Crippen LogP contribution in [0.3, 0.4) is 0 Å². The number of hydrogen-bond donors (Lipinski definition) is 0. The zero-order valence-corrected chi connectivity index (χ0v) is 11.1. The lowest BCUT2D eigenvalue weighted by Gasteiger charge is -2.30. The summed E-state index contributed by atoms with van der Waals surface area (Å²) in [4.78, 5) is 11.2. The summed E-state index contributed by atoms with van der Waals surface area (Å²) < 4.78 is 16.0. The van der Waals surface area contributed by atoms with E-state index in [0.29, 0.717) is 5.75 Å². The SMILES string of the molecule is CC(=O)OC(c1ccc2c(c1)OCO2)C(C)(C)C. The quantitative estimate of drug-likeness (QED) is 0.757. The normalized spacial score (nSPS) is 15.3. The van der Waals surface area contributed by atoms with Gasteiger partial charge in [-0.3, -0.25) is 4.79 Å². The Balaban J connectivity index is 2.33. The topological polar surface area (TPSA) is 44.8 Å². The Morgan fingerprint density at radius 3 is 2.56 bits per heavy atom. The first-order valence-electron chi connectivity index (χ1n) is 5.94. The Labute approximate surface area is 107 Å². The van der Waals surface area contributed by atoms with Gasteiger partial charge in [0.05, 0.1) is 0 Å². The number of carbonyl (C=O) groups is 1. The summed E-state index contributed by atoms with van der Waals surface area (Å²) in [6, 6.07) is 5.63. The third kappa shape index (κ3) is 2.58. The molecule has 98 valence electrons. The van der Waals surface area contributed by atoms with Crippen LogP contribution in [-0.2, 0) is 9.53 Å². The zero-order valence-electron chi connectivity index (χ0n) is 11.1. The number of esters is 1. The lowest BCUT2D eigenvalue weighted by molar-refractivity contribution is -0.152. The van der Waals surface area contributed by atoms with Gasteiger partial charge in [0.25, 0.3) is 0 Å². The van der Waals surface area contributed by atoms with Crippen LogP contribution in [-0.4, -0.2) is 12.8 Å². The molecule has 1 aliphatic heterocycles. The fourth-order valence-corrected chi connectivity index (χ4v) is 1.99. The number of carbonyl (C=O) groups excluding carboxylic acids is 1. The minimum atomic E-state index is -0.301. The monoisotopic (exact) mass is 250 g/mol. The molecule has 1 unspecified atom stereocenters. The lowest BCUT2D eigenvalue weighted by atomic mass is 9.84. The highest BCUT2D eigenvalue weighted by atomic mass is 16.7. The molecule has 0 fully saturated rings. The third-order valence-corrected chi connectivity index (χ3v) is 2.77. The van der Waals surface area contributed by atoms with Gasteiger partial charge in [0, 0.05) is 12.3 Å². The molecule has 18 heavy (non-hydrogen) atoms. The number of rotatable bonds is 2. The number of ether oxygens (including phenoxy) is 3. The maximum atomic E-state index is 11.2. The minimum absolute atomic E-state index is 0.181. The maximum absolute atomic E-state index is 11.2. The second kappa shape index (κ2) is 4.52. The van der Waals surface area contributed by atoms with Crippen LogP contribution in [0.2, 0.25) is 0 Å². The molecule has 1 heterocycles. The highest BCUT2D eigenvalue weighted by molar-refractivity contribution is 5.66. The van der Waals surface area contributed by atoms with Gasteiger partial charge in [-0.25, -0.2) is 0 Å². The molecule has 0 saturated carbocycles. The first-order chi connectivity index (χ1) is 8.38. The van der Waals surface area contributed by atoms with E-state index in [2.05, 4.69) is 0 Å². The van der Waals surface area contributed by atoms with E-state index in [9.17, 15) is 4.79 Å². The van der Waals surface area contributed by atoms with Gasteiger partial charge < -0.3 is 14.2 Å². The van der Waals surface area contributed by atoms with Crippen LogP contribution in [0.4, 0.5) is 0 Å². The van der Waals surface area contributed by atoms with Crippen LogP contribution in [0.25, 0.3) is 0 Å². The third-order valence-electron chi connectivity index (χ3n) is 2.77. The van der Waals surface area contributed by atoms with Gasteiger partial charge in [-0.1, -0.05) is 26.8 Å². The average Bonchev–Trinajstić information content (AvgIpc) is 2.70. The fraction of sp³-hybridized carbons (Fsp3) is 0.500. The van der Waals surface area contributed by atoms with Crippen molar-refractivity contribution >= 4 is 5.97 Å². The first kappa shape index (κ1) is 12.7. The van der Waals surface area contributed by atoms with Crippen LogP contribution < -0.4 is 9.47 Å². The van der Waals surface area contributed by atoms with Crippen molar-refractivity contribution < 1.29 is 19.0 Å². The van der Waals surface area contributed by atoms with Crippen LogP contribution >= 0.6 is 0 Å². The van der Waals surface area contributed by atoms with Crippen molar-refractivity contribution in [1.82, 2.24) is 0 Å². The van der Waals surface area contributed by atoms with Gasteiger partial charge in [-0.05, 0) is 17.7 Å². The smallest absolute Gasteiger partial charge is 0.303 e. The van der Waals surface area contributed by atoms with E-state index in [1.807, 2.05) is 39.0 Å². The molecule has 1 aliphatic rings. The maximum Gasteiger partial charge on any atom is 0.303 e. The summed E-state index contributed by atoms with van der Waals surface area (Å²) in [5.74, 6) is 1.15. The van der Waals surface area contributed by atoms with Gasteiger partial charge in [0.15, 0.2) is 11.5 Å². The summed E-state index contributed by atoms with van der Waals surface area (Å²) in [6.45, 7) is 7.76. The van der Waals surface area contributed by atoms with E-state index >= 15 is 0 Å². The molecule has 0 N–H and O–H groups in total. The van der Waals surface area contributed by atoms with Crippen molar-refractivity contribution in [2.75, 3.05) is 6.79 Å². The zero-order chi connectivity index (χ0) is 13.3. The van der Waals surface area contributed by atoms with Crippen molar-refractivity contribution in [2.24, 2.45) is 5.41 Å². The second-order valence-corrected chi connectivity index (χ2v) is 5.47. The number of fused-ring (bicyclic) bond motifs is 1. The first-order valence-corrected chi connectivity index (χ1v) is 5.94. The molecule has 4 nitrogen and oxygen atoms in total. The van der Waals surface area contributed by atoms with Crippen LogP contribution in [0.15, 0.2) is 18.2 Å². The molecule has 0 bridgehead atoms. The van der Waals surface area contributed by atoms with Crippen LogP contribution in [0.1, 0.15) is 39.4 Å². The molecule has 0 radical (unpaired) electrons. The Morgan fingerprint density at radius 2 is 1.94 bits per heavy atom. The summed E-state index contributed by atoms with van der Waals surface area (Å²) in [5, 5.41) is 0. The second-order valence-electron chi connectivity index (χ2n) is 5.47. The highest BCUT2D eigenvalue weighted by Gasteiger charge is 2.30. The van der Waals surface area contributed by atoms with Crippen molar-refractivity contribution in [2.45, 2.75) is 33.8 Å². The predicted octanol–water partition coefficient (Wildman–Crippen LogP) is 3.07. The molecule has 0 spiro atoms. The summed E-state index contributed by atoms with van der Waals surface area (Å²) in [5.41, 5.74) is 0.737. The molecule has 1 aromatic carbocycles. The molecule has 1 atom stereocenters. The van der Waals surface area contributed by atoms with Gasteiger partial charge in [-0.15, -0.1) is 0 Å².